The number of ether oxygens (including phenoxy) is 1. The zero-order valence-corrected chi connectivity index (χ0v) is 18.0. The van der Waals surface area contributed by atoms with Gasteiger partial charge >= 0.3 is 0 Å². The van der Waals surface area contributed by atoms with Crippen LogP contribution in [0.1, 0.15) is 29.3 Å². The van der Waals surface area contributed by atoms with Gasteiger partial charge in [0.25, 0.3) is 0 Å². The number of anilines is 2. The molecule has 2 aromatic heterocycles. The molecule has 0 bridgehead atoms. The lowest BCUT2D eigenvalue weighted by molar-refractivity contribution is -0.364. The number of rotatable bonds is 9. The first-order chi connectivity index (χ1) is 15.3. The lowest BCUT2D eigenvalue weighted by Crippen LogP contribution is -2.34. The number of hydrogen-bond acceptors (Lipinski definition) is 6. The van der Waals surface area contributed by atoms with E-state index in [1.54, 1.807) is 6.92 Å². The van der Waals surface area contributed by atoms with E-state index in [9.17, 15) is 17.6 Å². The average Bonchev–Trinajstić information content (AvgIpc) is 3.14. The normalized spacial score (nSPS) is 14.3. The molecule has 12 heteroatoms. The van der Waals surface area contributed by atoms with Crippen molar-refractivity contribution in [2.24, 2.45) is 5.92 Å². The number of benzene rings is 1. The number of nitrogens with zero attached hydrogens (tertiary/aromatic N) is 1. The quantitative estimate of drug-likeness (QED) is 0.415. The molecule has 170 valence electrons. The van der Waals surface area contributed by atoms with Gasteiger partial charge in [0.1, 0.15) is 11.2 Å². The Labute approximate surface area is 182 Å². The summed E-state index contributed by atoms with van der Waals surface area (Å²) in [5.74, 6) is -2.79. The van der Waals surface area contributed by atoms with E-state index in [2.05, 4.69) is 25.0 Å². The zero-order valence-electron chi connectivity index (χ0n) is 17.2. The first-order valence-corrected chi connectivity index (χ1v) is 11.7. The van der Waals surface area contributed by atoms with Crippen molar-refractivity contribution >= 4 is 38.3 Å². The van der Waals surface area contributed by atoms with Crippen LogP contribution < -0.4 is 15.0 Å². The number of H-pyrrole nitrogens is 2. The van der Waals surface area contributed by atoms with Crippen LogP contribution in [-0.2, 0) is 14.8 Å². The highest BCUT2D eigenvalue weighted by atomic mass is 32.2. The monoisotopic (exact) mass is 466 g/mol. The molecule has 1 fully saturated rings. The fraction of sp³-hybridized carbons (Fsp3) is 0.350. The second kappa shape index (κ2) is 8.79. The van der Waals surface area contributed by atoms with Gasteiger partial charge in [-0.2, -0.15) is 0 Å². The van der Waals surface area contributed by atoms with Gasteiger partial charge in [0.2, 0.25) is 33.6 Å². The van der Waals surface area contributed by atoms with Crippen LogP contribution in [0.15, 0.2) is 24.7 Å². The summed E-state index contributed by atoms with van der Waals surface area (Å²) in [6.07, 6.45) is 3.06. The van der Waals surface area contributed by atoms with Crippen LogP contribution in [0.4, 0.5) is 20.3 Å². The number of carbonyl (C=O) groups is 1. The van der Waals surface area contributed by atoms with E-state index in [-0.39, 0.29) is 11.3 Å². The van der Waals surface area contributed by atoms with Gasteiger partial charge in [0, 0.05) is 12.1 Å². The third kappa shape index (κ3) is 4.28. The number of carbonyl (C=O) groups excluding carboxylic acids is 1. The lowest BCUT2D eigenvalue weighted by atomic mass is 10.0. The molecule has 1 saturated heterocycles. The van der Waals surface area contributed by atoms with Gasteiger partial charge in [-0.3, -0.25) is 9.52 Å². The van der Waals surface area contributed by atoms with Crippen molar-refractivity contribution in [3.8, 4) is 0 Å². The summed E-state index contributed by atoms with van der Waals surface area (Å²) in [6, 6.07) is 1.81. The SMILES string of the molecule is CCCS(=O)(=O)Nc1ccc(F)c(C(=O)c2c[nH]c3nc[nH+]c(NCC4COC4)c23)c1F. The van der Waals surface area contributed by atoms with Crippen molar-refractivity contribution in [2.45, 2.75) is 13.3 Å². The molecule has 0 saturated carbocycles. The second-order valence-electron chi connectivity index (χ2n) is 7.52. The third-order valence-electron chi connectivity index (χ3n) is 5.09. The predicted octanol–water partition coefficient (Wildman–Crippen LogP) is 2.10. The van der Waals surface area contributed by atoms with E-state index in [1.165, 1.54) is 12.5 Å². The van der Waals surface area contributed by atoms with Crippen molar-refractivity contribution in [1.29, 1.82) is 0 Å². The minimum absolute atomic E-state index is 0.0110. The highest BCUT2D eigenvalue weighted by molar-refractivity contribution is 7.92. The number of ketones is 1. The number of nitrogens with one attached hydrogen (secondary N) is 4. The van der Waals surface area contributed by atoms with Crippen LogP contribution in [0.3, 0.4) is 0 Å². The fourth-order valence-electron chi connectivity index (χ4n) is 3.43. The summed E-state index contributed by atoms with van der Waals surface area (Å²) < 4.78 is 61.0. The molecule has 0 atom stereocenters. The molecule has 0 amide bonds. The molecule has 4 N–H and O–H groups in total. The van der Waals surface area contributed by atoms with E-state index in [1.807, 2.05) is 0 Å². The van der Waals surface area contributed by atoms with Crippen molar-refractivity contribution in [1.82, 2.24) is 9.97 Å². The molecular weight excluding hydrogens is 444 g/mol. The van der Waals surface area contributed by atoms with Gasteiger partial charge in [-0.1, -0.05) is 11.9 Å². The van der Waals surface area contributed by atoms with E-state index in [4.69, 9.17) is 4.74 Å². The van der Waals surface area contributed by atoms with Gasteiger partial charge < -0.3 is 15.0 Å². The van der Waals surface area contributed by atoms with Crippen molar-refractivity contribution in [3.05, 3.63) is 47.4 Å². The molecule has 9 nitrogen and oxygen atoms in total. The molecular formula is C20H22F2N5O4S+. The molecule has 0 spiro atoms. The molecule has 0 radical (unpaired) electrons. The fourth-order valence-corrected chi connectivity index (χ4v) is 4.56. The maximum Gasteiger partial charge on any atom is 0.232 e. The van der Waals surface area contributed by atoms with E-state index in [0.29, 0.717) is 48.9 Å². The Bertz CT molecular complexity index is 1270. The topological polar surface area (TPSA) is 127 Å². The Morgan fingerprint density at radius 3 is 2.81 bits per heavy atom. The first-order valence-electron chi connectivity index (χ1n) is 10.0. The van der Waals surface area contributed by atoms with Crippen LogP contribution in [0.25, 0.3) is 11.0 Å². The maximum atomic E-state index is 15.1. The molecule has 3 aromatic rings. The molecule has 1 aliphatic rings. The van der Waals surface area contributed by atoms with Crippen molar-refractivity contribution in [3.63, 3.8) is 0 Å². The van der Waals surface area contributed by atoms with Gasteiger partial charge in [-0.05, 0) is 18.6 Å². The Morgan fingerprint density at radius 2 is 2.12 bits per heavy atom. The number of aromatic amines is 2. The Kier molecular flexibility index (Phi) is 6.07. The van der Waals surface area contributed by atoms with Gasteiger partial charge in [-0.15, -0.1) is 0 Å². The summed E-state index contributed by atoms with van der Waals surface area (Å²) >= 11 is 0. The van der Waals surface area contributed by atoms with Crippen LogP contribution in [0.2, 0.25) is 0 Å². The van der Waals surface area contributed by atoms with Crippen molar-refractivity contribution < 1.29 is 31.7 Å². The Hall–Kier alpha value is -3.12. The lowest BCUT2D eigenvalue weighted by Gasteiger charge is -2.24. The van der Waals surface area contributed by atoms with Gasteiger partial charge in [-0.25, -0.2) is 22.2 Å². The molecule has 4 rings (SSSR count). The number of hydrogen-bond donors (Lipinski definition) is 3. The van der Waals surface area contributed by atoms with Crippen LogP contribution in [-0.4, -0.2) is 49.7 Å². The van der Waals surface area contributed by atoms with Gasteiger partial charge in [0.15, 0.2) is 5.82 Å². The molecule has 1 aliphatic heterocycles. The minimum atomic E-state index is -3.84. The zero-order chi connectivity index (χ0) is 22.9. The van der Waals surface area contributed by atoms with Crippen molar-refractivity contribution in [2.75, 3.05) is 35.6 Å². The molecule has 0 unspecified atom stereocenters. The average molecular weight is 466 g/mol. The highest BCUT2D eigenvalue weighted by Gasteiger charge is 2.29. The molecule has 0 aliphatic carbocycles. The minimum Gasteiger partial charge on any atom is -0.380 e. The van der Waals surface area contributed by atoms with E-state index >= 15 is 4.39 Å². The third-order valence-corrected chi connectivity index (χ3v) is 6.56. The largest absolute Gasteiger partial charge is 0.380 e. The summed E-state index contributed by atoms with van der Waals surface area (Å²) in [4.78, 5) is 23.1. The second-order valence-corrected chi connectivity index (χ2v) is 9.36. The number of fused-ring (bicyclic) bond motifs is 1. The highest BCUT2D eigenvalue weighted by Crippen LogP contribution is 2.29. The standard InChI is InChI=1S/C20H21F2N5O4S/c1-2-5-32(29,30)27-14-4-3-13(21)16(17(14)22)18(28)12-7-24-20-15(12)19(25-10-26-20)23-6-11-8-31-9-11/h3-4,7,10-11,27H,2,5-6,8-9H2,1H3,(H2,23,24,25,26)/p+1. The number of aromatic nitrogens is 3. The Morgan fingerprint density at radius 1 is 1.34 bits per heavy atom. The molecule has 1 aromatic carbocycles. The summed E-state index contributed by atoms with van der Waals surface area (Å²) in [5.41, 5.74) is -1.01. The number of halogens is 2. The first kappa shape index (κ1) is 22.1. The summed E-state index contributed by atoms with van der Waals surface area (Å²) in [6.45, 7) is 3.47. The summed E-state index contributed by atoms with van der Waals surface area (Å²) in [5, 5.41) is 3.52. The smallest absolute Gasteiger partial charge is 0.232 e. The molecule has 3 heterocycles. The molecule has 32 heavy (non-hydrogen) atoms. The summed E-state index contributed by atoms with van der Waals surface area (Å²) in [7, 11) is -3.84. The maximum absolute atomic E-state index is 15.1. The van der Waals surface area contributed by atoms with Crippen LogP contribution in [0.5, 0.6) is 0 Å². The number of sulfonamides is 1. The predicted molar refractivity (Wildman–Crippen MR) is 113 cm³/mol. The van der Waals surface area contributed by atoms with E-state index in [0.717, 1.165) is 12.1 Å². The van der Waals surface area contributed by atoms with E-state index < -0.39 is 38.7 Å². The van der Waals surface area contributed by atoms with Crippen LogP contribution >= 0.6 is 0 Å². The van der Waals surface area contributed by atoms with Crippen LogP contribution in [0, 0.1) is 17.6 Å². The Balaban J connectivity index is 1.72. The van der Waals surface area contributed by atoms with Gasteiger partial charge in [0.05, 0.1) is 42.3 Å².